The van der Waals surface area contributed by atoms with Gasteiger partial charge in [0.2, 0.25) is 5.78 Å². The van der Waals surface area contributed by atoms with Crippen LogP contribution in [0.1, 0.15) is 18.1 Å². The zero-order valence-electron chi connectivity index (χ0n) is 12.0. The highest BCUT2D eigenvalue weighted by atomic mass is 19.1. The van der Waals surface area contributed by atoms with Gasteiger partial charge in [-0.2, -0.15) is 0 Å². The third-order valence-corrected chi connectivity index (χ3v) is 3.61. The molecule has 0 aliphatic carbocycles. The van der Waals surface area contributed by atoms with Crippen LogP contribution < -0.4 is 0 Å². The number of benzene rings is 1. The van der Waals surface area contributed by atoms with Gasteiger partial charge >= 0.3 is 0 Å². The maximum absolute atomic E-state index is 13.0. The van der Waals surface area contributed by atoms with Gasteiger partial charge in [0.15, 0.2) is 5.60 Å². The molecule has 4 heteroatoms. The van der Waals surface area contributed by atoms with Crippen molar-refractivity contribution in [3.8, 4) is 0 Å². The SMILES string of the molecule is CC1(c2ccc(F)cc2)OC(/C=C/c2ccncc2)=CC1=O. The summed E-state index contributed by atoms with van der Waals surface area (Å²) < 4.78 is 18.8. The van der Waals surface area contributed by atoms with Crippen molar-refractivity contribution >= 4 is 11.9 Å². The number of hydrogen-bond donors (Lipinski definition) is 0. The molecule has 0 radical (unpaired) electrons. The fraction of sp³-hybridized carbons (Fsp3) is 0.111. The van der Waals surface area contributed by atoms with Gasteiger partial charge in [-0.05, 0) is 42.8 Å². The van der Waals surface area contributed by atoms with Crippen LogP contribution in [0.25, 0.3) is 6.08 Å². The normalized spacial score (nSPS) is 21.0. The number of hydrogen-bond acceptors (Lipinski definition) is 3. The molecule has 2 heterocycles. The first-order valence-electron chi connectivity index (χ1n) is 6.87. The number of allylic oxidation sites excluding steroid dienone is 1. The van der Waals surface area contributed by atoms with Crippen molar-refractivity contribution in [1.82, 2.24) is 4.98 Å². The highest BCUT2D eigenvalue weighted by molar-refractivity contribution is 6.00. The van der Waals surface area contributed by atoms with Gasteiger partial charge in [-0.25, -0.2) is 4.39 Å². The first kappa shape index (κ1) is 14.2. The molecule has 1 unspecified atom stereocenters. The predicted octanol–water partition coefficient (Wildman–Crippen LogP) is 3.63. The van der Waals surface area contributed by atoms with E-state index in [0.29, 0.717) is 11.3 Å². The molecule has 22 heavy (non-hydrogen) atoms. The van der Waals surface area contributed by atoms with E-state index in [1.165, 1.54) is 18.2 Å². The monoisotopic (exact) mass is 295 g/mol. The molecule has 1 atom stereocenters. The Morgan fingerprint density at radius 3 is 2.45 bits per heavy atom. The quantitative estimate of drug-likeness (QED) is 0.868. The number of carbonyl (C=O) groups excluding carboxylic acids is 1. The van der Waals surface area contributed by atoms with E-state index in [1.807, 2.05) is 18.2 Å². The molecular weight excluding hydrogens is 281 g/mol. The van der Waals surface area contributed by atoms with Gasteiger partial charge in [-0.1, -0.05) is 18.2 Å². The fourth-order valence-electron chi connectivity index (χ4n) is 2.29. The highest BCUT2D eigenvalue weighted by Gasteiger charge is 2.41. The third-order valence-electron chi connectivity index (χ3n) is 3.61. The van der Waals surface area contributed by atoms with Crippen molar-refractivity contribution in [1.29, 1.82) is 0 Å². The lowest BCUT2D eigenvalue weighted by Gasteiger charge is -2.23. The molecule has 0 saturated carbocycles. The topological polar surface area (TPSA) is 39.2 Å². The maximum Gasteiger partial charge on any atom is 0.207 e. The average Bonchev–Trinajstić information content (AvgIpc) is 2.83. The van der Waals surface area contributed by atoms with E-state index in [2.05, 4.69) is 4.98 Å². The zero-order valence-corrected chi connectivity index (χ0v) is 12.0. The first-order valence-corrected chi connectivity index (χ1v) is 6.87. The lowest BCUT2D eigenvalue weighted by Crippen LogP contribution is -2.29. The van der Waals surface area contributed by atoms with Crippen molar-refractivity contribution in [2.24, 2.45) is 0 Å². The smallest absolute Gasteiger partial charge is 0.207 e. The summed E-state index contributed by atoms with van der Waals surface area (Å²) in [5, 5.41) is 0. The average molecular weight is 295 g/mol. The van der Waals surface area contributed by atoms with Gasteiger partial charge < -0.3 is 4.74 Å². The number of rotatable bonds is 3. The van der Waals surface area contributed by atoms with Crippen LogP contribution in [-0.4, -0.2) is 10.8 Å². The van der Waals surface area contributed by atoms with E-state index in [4.69, 9.17) is 4.74 Å². The summed E-state index contributed by atoms with van der Waals surface area (Å²) in [5.74, 6) is -0.0225. The molecule has 0 N–H and O–H groups in total. The van der Waals surface area contributed by atoms with Gasteiger partial charge in [0, 0.05) is 24.0 Å². The lowest BCUT2D eigenvalue weighted by atomic mass is 9.92. The van der Waals surface area contributed by atoms with Gasteiger partial charge in [-0.15, -0.1) is 0 Å². The largest absolute Gasteiger partial charge is 0.475 e. The first-order chi connectivity index (χ1) is 10.6. The zero-order chi connectivity index (χ0) is 15.6. The number of ketones is 1. The van der Waals surface area contributed by atoms with Gasteiger partial charge in [0.1, 0.15) is 11.6 Å². The van der Waals surface area contributed by atoms with Crippen LogP contribution in [0.5, 0.6) is 0 Å². The third kappa shape index (κ3) is 2.68. The number of halogens is 1. The number of aromatic nitrogens is 1. The Morgan fingerprint density at radius 1 is 1.09 bits per heavy atom. The van der Waals surface area contributed by atoms with E-state index in [-0.39, 0.29) is 11.6 Å². The lowest BCUT2D eigenvalue weighted by molar-refractivity contribution is -0.129. The van der Waals surface area contributed by atoms with Crippen molar-refractivity contribution < 1.29 is 13.9 Å². The van der Waals surface area contributed by atoms with E-state index in [1.54, 1.807) is 37.5 Å². The second-order valence-electron chi connectivity index (χ2n) is 5.17. The van der Waals surface area contributed by atoms with Crippen molar-refractivity contribution in [3.05, 3.63) is 83.6 Å². The molecule has 1 aromatic carbocycles. The Balaban J connectivity index is 1.81. The molecular formula is C18H14FNO2. The van der Waals surface area contributed by atoms with Crippen molar-refractivity contribution in [3.63, 3.8) is 0 Å². The summed E-state index contributed by atoms with van der Waals surface area (Å²) >= 11 is 0. The number of pyridine rings is 1. The van der Waals surface area contributed by atoms with Crippen LogP contribution in [-0.2, 0) is 15.1 Å². The molecule has 1 aromatic heterocycles. The van der Waals surface area contributed by atoms with Gasteiger partial charge in [0.25, 0.3) is 0 Å². The minimum absolute atomic E-state index is 0.159. The summed E-state index contributed by atoms with van der Waals surface area (Å²) in [6.45, 7) is 1.69. The highest BCUT2D eigenvalue weighted by Crippen LogP contribution is 2.35. The number of ether oxygens (including phenoxy) is 1. The standard InChI is InChI=1S/C18H14FNO2/c1-18(14-3-5-15(19)6-4-14)17(21)12-16(22-18)7-2-13-8-10-20-11-9-13/h2-12H,1H3/b7-2+. The Kier molecular flexibility index (Phi) is 3.59. The summed E-state index contributed by atoms with van der Waals surface area (Å²) in [4.78, 5) is 16.2. The Hall–Kier alpha value is -2.75. The molecule has 3 nitrogen and oxygen atoms in total. The fourth-order valence-corrected chi connectivity index (χ4v) is 2.29. The van der Waals surface area contributed by atoms with Crippen molar-refractivity contribution in [2.45, 2.75) is 12.5 Å². The van der Waals surface area contributed by atoms with Gasteiger partial charge in [-0.3, -0.25) is 9.78 Å². The summed E-state index contributed by atoms with van der Waals surface area (Å²) in [7, 11) is 0. The van der Waals surface area contributed by atoms with Crippen LogP contribution in [0.15, 0.2) is 66.7 Å². The molecule has 110 valence electrons. The van der Waals surface area contributed by atoms with E-state index in [9.17, 15) is 9.18 Å². The molecule has 3 rings (SSSR count). The van der Waals surface area contributed by atoms with E-state index in [0.717, 1.165) is 5.56 Å². The summed E-state index contributed by atoms with van der Waals surface area (Å²) in [6.07, 6.45) is 8.43. The molecule has 0 saturated heterocycles. The molecule has 0 amide bonds. The molecule has 1 aliphatic heterocycles. The molecule has 1 aliphatic rings. The minimum Gasteiger partial charge on any atom is -0.475 e. The second kappa shape index (κ2) is 5.56. The molecule has 0 fully saturated rings. The Morgan fingerprint density at radius 2 is 1.77 bits per heavy atom. The molecule has 0 bridgehead atoms. The summed E-state index contributed by atoms with van der Waals surface area (Å²) in [5.41, 5.74) is 0.482. The predicted molar refractivity (Wildman–Crippen MR) is 81.2 cm³/mol. The maximum atomic E-state index is 13.0. The van der Waals surface area contributed by atoms with Crippen LogP contribution in [0.3, 0.4) is 0 Å². The minimum atomic E-state index is -1.11. The molecule has 0 spiro atoms. The number of carbonyl (C=O) groups is 1. The molecule has 2 aromatic rings. The van der Waals surface area contributed by atoms with Crippen molar-refractivity contribution in [2.75, 3.05) is 0 Å². The second-order valence-corrected chi connectivity index (χ2v) is 5.17. The summed E-state index contributed by atoms with van der Waals surface area (Å²) in [6, 6.07) is 9.48. The van der Waals surface area contributed by atoms with E-state index >= 15 is 0 Å². The van der Waals surface area contributed by atoms with Crippen LogP contribution in [0.2, 0.25) is 0 Å². The van der Waals surface area contributed by atoms with Crippen LogP contribution >= 0.6 is 0 Å². The van der Waals surface area contributed by atoms with Crippen LogP contribution in [0, 0.1) is 5.82 Å². The Bertz CT molecular complexity index is 750. The van der Waals surface area contributed by atoms with Crippen LogP contribution in [0.4, 0.5) is 4.39 Å². The number of nitrogens with zero attached hydrogens (tertiary/aromatic N) is 1. The Labute approximate surface area is 127 Å². The van der Waals surface area contributed by atoms with Gasteiger partial charge in [0.05, 0.1) is 0 Å². The van der Waals surface area contributed by atoms with E-state index < -0.39 is 5.60 Å².